The lowest BCUT2D eigenvalue weighted by Gasteiger charge is -2.21. The number of likely N-dealkylation sites (tertiary alicyclic amines) is 1. The van der Waals surface area contributed by atoms with Gasteiger partial charge in [0, 0.05) is 6.54 Å². The van der Waals surface area contributed by atoms with Crippen molar-refractivity contribution >= 4 is 23.5 Å². The minimum Gasteiger partial charge on any atom is -0.467 e. The van der Waals surface area contributed by atoms with Crippen LogP contribution < -0.4 is 0 Å². The van der Waals surface area contributed by atoms with Crippen LogP contribution in [0.25, 0.3) is 0 Å². The molecule has 1 amide bonds. The predicted octanol–water partition coefficient (Wildman–Crippen LogP) is 1.42. The Morgan fingerprint density at radius 2 is 2.07 bits per heavy atom. The molecule has 1 aliphatic rings. The second kappa shape index (κ2) is 7.51. The van der Waals surface area contributed by atoms with Crippen molar-refractivity contribution < 1.29 is 14.3 Å². The number of halogens is 1. The molecule has 88 valence electrons. The maximum atomic E-state index is 11.2. The average Bonchev–Trinajstić information content (AvgIpc) is 2.78. The molecule has 0 aromatic rings. The molecule has 15 heavy (non-hydrogen) atoms. The third kappa shape index (κ3) is 3.70. The van der Waals surface area contributed by atoms with Gasteiger partial charge >= 0.3 is 5.97 Å². The van der Waals surface area contributed by atoms with E-state index in [0.717, 1.165) is 6.42 Å². The molecule has 0 aromatic heterocycles. The number of hydrogen-bond acceptors (Lipinski definition) is 3. The van der Waals surface area contributed by atoms with E-state index in [1.165, 1.54) is 12.0 Å². The molecule has 4 nitrogen and oxygen atoms in total. The molecule has 0 N–H and O–H groups in total. The molecule has 0 spiro atoms. The van der Waals surface area contributed by atoms with Crippen LogP contribution in [-0.4, -0.2) is 42.4 Å². The van der Waals surface area contributed by atoms with Crippen molar-refractivity contribution in [3.63, 3.8) is 0 Å². The lowest BCUT2D eigenvalue weighted by atomic mass is 10.2. The lowest BCUT2D eigenvalue weighted by molar-refractivity contribution is -0.150. The molecule has 1 saturated heterocycles. The molecule has 1 heterocycles. The van der Waals surface area contributed by atoms with Crippen LogP contribution in [0.1, 0.15) is 26.7 Å². The van der Waals surface area contributed by atoms with Gasteiger partial charge in [-0.1, -0.05) is 13.8 Å². The quantitative estimate of drug-likeness (QED) is 0.537. The summed E-state index contributed by atoms with van der Waals surface area (Å²) in [5.41, 5.74) is 0. The molecule has 0 saturated carbocycles. The standard InChI is InChI=1S/C8H12ClNO3.C2H6/c1-13-8(12)6-3-2-4-10(6)7(11)5-9;1-2/h6H,2-5H2,1H3;1-2H3. The van der Waals surface area contributed by atoms with Gasteiger partial charge in [0.25, 0.3) is 0 Å². The Hall–Kier alpha value is -0.770. The largest absolute Gasteiger partial charge is 0.467 e. The first-order valence-electron chi connectivity index (χ1n) is 5.14. The highest BCUT2D eigenvalue weighted by molar-refractivity contribution is 6.27. The Labute approximate surface area is 95.5 Å². The maximum Gasteiger partial charge on any atom is 0.328 e. The van der Waals surface area contributed by atoms with E-state index < -0.39 is 6.04 Å². The molecule has 0 aromatic carbocycles. The zero-order chi connectivity index (χ0) is 11.8. The molecule has 1 aliphatic heterocycles. The number of carbonyl (C=O) groups is 2. The highest BCUT2D eigenvalue weighted by Gasteiger charge is 2.34. The molecule has 1 rings (SSSR count). The molecule has 1 atom stereocenters. The Bertz CT molecular complexity index is 199. The van der Waals surface area contributed by atoms with Crippen molar-refractivity contribution in [1.82, 2.24) is 4.90 Å². The van der Waals surface area contributed by atoms with Crippen LogP contribution in [0.15, 0.2) is 0 Å². The van der Waals surface area contributed by atoms with Crippen LogP contribution in [0.4, 0.5) is 0 Å². The van der Waals surface area contributed by atoms with Crippen molar-refractivity contribution in [3.05, 3.63) is 0 Å². The zero-order valence-electron chi connectivity index (χ0n) is 9.46. The minimum atomic E-state index is -0.420. The Kier molecular flexibility index (Phi) is 7.13. The summed E-state index contributed by atoms with van der Waals surface area (Å²) in [5.74, 6) is -0.626. The predicted molar refractivity (Wildman–Crippen MR) is 58.8 cm³/mol. The van der Waals surface area contributed by atoms with E-state index in [9.17, 15) is 9.59 Å². The number of nitrogens with zero attached hydrogens (tertiary/aromatic N) is 1. The minimum absolute atomic E-state index is 0.0759. The SMILES string of the molecule is CC.COC(=O)C1CCCN1C(=O)CCl. The fourth-order valence-corrected chi connectivity index (χ4v) is 1.68. The first-order chi connectivity index (χ1) is 7.20. The lowest BCUT2D eigenvalue weighted by Crippen LogP contribution is -2.41. The van der Waals surface area contributed by atoms with Crippen LogP contribution in [0.5, 0.6) is 0 Å². The van der Waals surface area contributed by atoms with E-state index in [4.69, 9.17) is 11.6 Å². The molecule has 0 radical (unpaired) electrons. The molecule has 1 fully saturated rings. The maximum absolute atomic E-state index is 11.2. The number of alkyl halides is 1. The summed E-state index contributed by atoms with van der Waals surface area (Å²) in [6.45, 7) is 4.60. The number of hydrogen-bond donors (Lipinski definition) is 0. The van der Waals surface area contributed by atoms with Crippen LogP contribution in [0, 0.1) is 0 Å². The highest BCUT2D eigenvalue weighted by atomic mass is 35.5. The van der Waals surface area contributed by atoms with Gasteiger partial charge in [0.05, 0.1) is 7.11 Å². The third-order valence-corrected chi connectivity index (χ3v) is 2.39. The van der Waals surface area contributed by atoms with Gasteiger partial charge in [-0.05, 0) is 12.8 Å². The van der Waals surface area contributed by atoms with Crippen molar-refractivity contribution in [2.75, 3.05) is 19.5 Å². The van der Waals surface area contributed by atoms with Gasteiger partial charge in [0.15, 0.2) is 0 Å². The Balaban J connectivity index is 0.000000921. The second-order valence-electron chi connectivity index (χ2n) is 2.90. The molecule has 0 aliphatic carbocycles. The number of ether oxygens (including phenoxy) is 1. The van der Waals surface area contributed by atoms with Crippen molar-refractivity contribution in [3.8, 4) is 0 Å². The van der Waals surface area contributed by atoms with Gasteiger partial charge in [0.2, 0.25) is 5.91 Å². The van der Waals surface area contributed by atoms with Gasteiger partial charge in [-0.15, -0.1) is 11.6 Å². The molecule has 1 unspecified atom stereocenters. The van der Waals surface area contributed by atoms with Crippen molar-refractivity contribution in [2.24, 2.45) is 0 Å². The van der Waals surface area contributed by atoms with Gasteiger partial charge in [-0.3, -0.25) is 4.79 Å². The molecule has 5 heteroatoms. The smallest absolute Gasteiger partial charge is 0.328 e. The summed E-state index contributed by atoms with van der Waals surface area (Å²) in [5, 5.41) is 0. The third-order valence-electron chi connectivity index (χ3n) is 2.16. The van der Waals surface area contributed by atoms with E-state index in [-0.39, 0.29) is 17.8 Å². The van der Waals surface area contributed by atoms with Gasteiger partial charge in [-0.25, -0.2) is 4.79 Å². The second-order valence-corrected chi connectivity index (χ2v) is 3.17. The summed E-state index contributed by atoms with van der Waals surface area (Å²) < 4.78 is 4.58. The highest BCUT2D eigenvalue weighted by Crippen LogP contribution is 2.18. The Morgan fingerprint density at radius 3 is 2.53 bits per heavy atom. The van der Waals surface area contributed by atoms with E-state index in [2.05, 4.69) is 4.74 Å². The van der Waals surface area contributed by atoms with Crippen molar-refractivity contribution in [1.29, 1.82) is 0 Å². The molecule has 0 bridgehead atoms. The van der Waals surface area contributed by atoms with Crippen LogP contribution in [0.3, 0.4) is 0 Å². The number of methoxy groups -OCH3 is 1. The Morgan fingerprint density at radius 1 is 1.47 bits per heavy atom. The van der Waals surface area contributed by atoms with E-state index in [1.807, 2.05) is 13.8 Å². The topological polar surface area (TPSA) is 46.6 Å². The molecular weight excluding hydrogens is 218 g/mol. The average molecular weight is 236 g/mol. The van der Waals surface area contributed by atoms with Crippen LogP contribution in [-0.2, 0) is 14.3 Å². The number of amides is 1. The van der Waals surface area contributed by atoms with Crippen LogP contribution >= 0.6 is 11.6 Å². The summed E-state index contributed by atoms with van der Waals surface area (Å²) in [6.07, 6.45) is 1.51. The number of carbonyl (C=O) groups excluding carboxylic acids is 2. The van der Waals surface area contributed by atoms with Crippen molar-refractivity contribution in [2.45, 2.75) is 32.7 Å². The number of rotatable bonds is 2. The summed E-state index contributed by atoms with van der Waals surface area (Å²) in [6, 6.07) is -0.420. The fraction of sp³-hybridized carbons (Fsp3) is 0.800. The summed E-state index contributed by atoms with van der Waals surface area (Å²) >= 11 is 5.40. The van der Waals surface area contributed by atoms with E-state index in [1.54, 1.807) is 0 Å². The number of esters is 1. The fourth-order valence-electron chi connectivity index (χ4n) is 1.52. The zero-order valence-corrected chi connectivity index (χ0v) is 10.2. The van der Waals surface area contributed by atoms with Gasteiger partial charge < -0.3 is 9.64 Å². The monoisotopic (exact) mass is 235 g/mol. The first-order valence-corrected chi connectivity index (χ1v) is 5.67. The van der Waals surface area contributed by atoms with Gasteiger partial charge in [-0.2, -0.15) is 0 Å². The van der Waals surface area contributed by atoms with Crippen LogP contribution in [0.2, 0.25) is 0 Å². The van der Waals surface area contributed by atoms with Gasteiger partial charge in [0.1, 0.15) is 11.9 Å². The summed E-state index contributed by atoms with van der Waals surface area (Å²) in [4.78, 5) is 23.9. The van der Waals surface area contributed by atoms with E-state index in [0.29, 0.717) is 13.0 Å². The first kappa shape index (κ1) is 14.2. The normalized spacial score (nSPS) is 19.2. The summed E-state index contributed by atoms with van der Waals surface area (Å²) in [7, 11) is 1.32. The van der Waals surface area contributed by atoms with E-state index >= 15 is 0 Å². The molecular formula is C10H18ClNO3.